The van der Waals surface area contributed by atoms with E-state index >= 15 is 0 Å². The molecule has 2 aliphatic carbocycles. The van der Waals surface area contributed by atoms with Gasteiger partial charge < -0.3 is 4.74 Å². The average Bonchev–Trinajstić information content (AvgIpc) is 2.83. The fourth-order valence-corrected chi connectivity index (χ4v) is 5.92. The van der Waals surface area contributed by atoms with Gasteiger partial charge in [0, 0.05) is 5.69 Å². The van der Waals surface area contributed by atoms with Crippen LogP contribution in [-0.4, -0.2) is 11.6 Å². The van der Waals surface area contributed by atoms with Gasteiger partial charge in [-0.2, -0.15) is 0 Å². The molecular formula is C29H49NO. The Labute approximate surface area is 193 Å². The Hall–Kier alpha value is -1.05. The maximum atomic E-state index is 5.83. The van der Waals surface area contributed by atoms with Crippen LogP contribution in [0.15, 0.2) is 18.3 Å². The smallest absolute Gasteiger partial charge is 0.137 e. The predicted octanol–water partition coefficient (Wildman–Crippen LogP) is 8.78. The van der Waals surface area contributed by atoms with Crippen LogP contribution in [0.25, 0.3) is 0 Å². The number of nitrogens with zero attached hydrogens (tertiary/aromatic N) is 1. The van der Waals surface area contributed by atoms with E-state index in [1.807, 2.05) is 6.20 Å². The molecule has 3 rings (SSSR count). The largest absolute Gasteiger partial charge is 0.492 e. The summed E-state index contributed by atoms with van der Waals surface area (Å²) in [7, 11) is 0. The molecule has 0 bridgehead atoms. The molecule has 2 nitrogen and oxygen atoms in total. The van der Waals surface area contributed by atoms with Gasteiger partial charge in [0.15, 0.2) is 0 Å². The Kier molecular flexibility index (Phi) is 11.2. The van der Waals surface area contributed by atoms with Gasteiger partial charge in [-0.1, -0.05) is 104 Å². The third-order valence-electron chi connectivity index (χ3n) is 8.37. The van der Waals surface area contributed by atoms with Crippen molar-refractivity contribution in [2.24, 2.45) is 23.7 Å². The molecule has 1 heterocycles. The molecule has 31 heavy (non-hydrogen) atoms. The minimum Gasteiger partial charge on any atom is -0.492 e. The topological polar surface area (TPSA) is 22.1 Å². The van der Waals surface area contributed by atoms with Crippen LogP contribution in [0.3, 0.4) is 0 Å². The highest BCUT2D eigenvalue weighted by Crippen LogP contribution is 2.38. The van der Waals surface area contributed by atoms with Crippen molar-refractivity contribution in [2.45, 2.75) is 123 Å². The van der Waals surface area contributed by atoms with E-state index in [-0.39, 0.29) is 0 Å². The quantitative estimate of drug-likeness (QED) is 0.293. The number of ether oxygens (including phenoxy) is 1. The standard InChI is InChI=1S/C29H49NO/c1-3-5-6-7-22-31-29-21-20-28(30-23-29)19-18-27-16-14-26(15-17-27)13-12-25-10-8-24(4-2)9-11-25/h20-21,23-27H,3-19,22H2,1-2H3/t24-,25-,26?,27?. The molecule has 0 N–H and O–H groups in total. The third-order valence-corrected chi connectivity index (χ3v) is 8.37. The lowest BCUT2D eigenvalue weighted by atomic mass is 9.74. The molecule has 0 atom stereocenters. The summed E-state index contributed by atoms with van der Waals surface area (Å²) >= 11 is 0. The zero-order chi connectivity index (χ0) is 21.7. The molecule has 1 aromatic rings. The second-order valence-electron chi connectivity index (χ2n) is 10.7. The Bertz CT molecular complexity index is 567. The SMILES string of the molecule is CCCCCCOc1ccc(CCC2CCC(CC[C@H]3CC[C@H](CC)CC3)CC2)nc1. The molecule has 0 aromatic carbocycles. The van der Waals surface area contributed by atoms with Gasteiger partial charge in [0.2, 0.25) is 0 Å². The van der Waals surface area contributed by atoms with E-state index in [2.05, 4.69) is 31.0 Å². The molecule has 0 spiro atoms. The molecule has 0 saturated heterocycles. The summed E-state index contributed by atoms with van der Waals surface area (Å²) in [6.45, 7) is 5.44. The lowest BCUT2D eigenvalue weighted by Gasteiger charge is -2.31. The van der Waals surface area contributed by atoms with Crippen molar-refractivity contribution in [2.75, 3.05) is 6.61 Å². The zero-order valence-electron chi connectivity index (χ0n) is 20.6. The second kappa shape index (κ2) is 14.2. The average molecular weight is 428 g/mol. The lowest BCUT2D eigenvalue weighted by molar-refractivity contribution is 0.211. The molecule has 0 amide bonds. The highest BCUT2D eigenvalue weighted by molar-refractivity contribution is 5.19. The summed E-state index contributed by atoms with van der Waals surface area (Å²) in [5, 5.41) is 0. The van der Waals surface area contributed by atoms with Gasteiger partial charge in [0.25, 0.3) is 0 Å². The van der Waals surface area contributed by atoms with E-state index in [0.29, 0.717) is 0 Å². The number of hydrogen-bond donors (Lipinski definition) is 0. The monoisotopic (exact) mass is 427 g/mol. The number of rotatable bonds is 13. The van der Waals surface area contributed by atoms with E-state index in [1.165, 1.54) is 102 Å². The third kappa shape index (κ3) is 9.15. The van der Waals surface area contributed by atoms with Crippen molar-refractivity contribution in [3.63, 3.8) is 0 Å². The molecule has 2 heteroatoms. The fraction of sp³-hybridized carbons (Fsp3) is 0.828. The normalized spacial score (nSPS) is 26.6. The first-order valence-corrected chi connectivity index (χ1v) is 13.8. The summed E-state index contributed by atoms with van der Waals surface area (Å²) in [5.41, 5.74) is 1.24. The van der Waals surface area contributed by atoms with Crippen LogP contribution in [0.2, 0.25) is 0 Å². The fourth-order valence-electron chi connectivity index (χ4n) is 5.92. The van der Waals surface area contributed by atoms with Crippen molar-refractivity contribution in [1.82, 2.24) is 4.98 Å². The molecule has 176 valence electrons. The maximum absolute atomic E-state index is 5.83. The number of aryl methyl sites for hydroxylation is 1. The molecule has 0 unspecified atom stereocenters. The highest BCUT2D eigenvalue weighted by Gasteiger charge is 2.24. The van der Waals surface area contributed by atoms with Crippen LogP contribution < -0.4 is 4.74 Å². The van der Waals surface area contributed by atoms with Crippen LogP contribution >= 0.6 is 0 Å². The zero-order valence-corrected chi connectivity index (χ0v) is 20.6. The lowest BCUT2D eigenvalue weighted by Crippen LogP contribution is -2.18. The van der Waals surface area contributed by atoms with E-state index < -0.39 is 0 Å². The molecule has 1 aromatic heterocycles. The van der Waals surface area contributed by atoms with Crippen LogP contribution in [0, 0.1) is 23.7 Å². The van der Waals surface area contributed by atoms with Crippen molar-refractivity contribution in [3.8, 4) is 5.75 Å². The van der Waals surface area contributed by atoms with E-state index in [9.17, 15) is 0 Å². The second-order valence-corrected chi connectivity index (χ2v) is 10.7. The predicted molar refractivity (Wildman–Crippen MR) is 133 cm³/mol. The van der Waals surface area contributed by atoms with Crippen molar-refractivity contribution in [1.29, 1.82) is 0 Å². The van der Waals surface area contributed by atoms with Gasteiger partial charge in [0.1, 0.15) is 5.75 Å². The van der Waals surface area contributed by atoms with Gasteiger partial charge in [0.05, 0.1) is 12.8 Å². The van der Waals surface area contributed by atoms with Gasteiger partial charge in [-0.05, 0) is 55.1 Å². The summed E-state index contributed by atoms with van der Waals surface area (Å²) in [5.74, 6) is 4.97. The van der Waals surface area contributed by atoms with Crippen LogP contribution in [0.1, 0.15) is 122 Å². The first kappa shape index (κ1) is 24.6. The Morgan fingerprint density at radius 3 is 1.90 bits per heavy atom. The highest BCUT2D eigenvalue weighted by atomic mass is 16.5. The van der Waals surface area contributed by atoms with E-state index in [0.717, 1.165) is 48.9 Å². The summed E-state index contributed by atoms with van der Waals surface area (Å²) in [4.78, 5) is 4.66. The van der Waals surface area contributed by atoms with Crippen molar-refractivity contribution in [3.05, 3.63) is 24.0 Å². The first-order valence-electron chi connectivity index (χ1n) is 13.8. The molecular weight excluding hydrogens is 378 g/mol. The Balaban J connectivity index is 1.25. The molecule has 0 radical (unpaired) electrons. The number of pyridine rings is 1. The summed E-state index contributed by atoms with van der Waals surface area (Å²) < 4.78 is 5.83. The summed E-state index contributed by atoms with van der Waals surface area (Å²) in [6.07, 6.45) is 25.7. The van der Waals surface area contributed by atoms with Crippen LogP contribution in [-0.2, 0) is 6.42 Å². The van der Waals surface area contributed by atoms with Gasteiger partial charge in [-0.25, -0.2) is 0 Å². The summed E-state index contributed by atoms with van der Waals surface area (Å²) in [6, 6.07) is 4.30. The van der Waals surface area contributed by atoms with Crippen LogP contribution in [0.4, 0.5) is 0 Å². The maximum Gasteiger partial charge on any atom is 0.137 e. The van der Waals surface area contributed by atoms with Gasteiger partial charge in [-0.3, -0.25) is 4.98 Å². The minimum absolute atomic E-state index is 0.824. The Morgan fingerprint density at radius 2 is 1.35 bits per heavy atom. The van der Waals surface area contributed by atoms with Gasteiger partial charge >= 0.3 is 0 Å². The molecule has 2 aliphatic rings. The van der Waals surface area contributed by atoms with Crippen molar-refractivity contribution >= 4 is 0 Å². The number of aromatic nitrogens is 1. The number of unbranched alkanes of at least 4 members (excludes halogenated alkanes) is 3. The van der Waals surface area contributed by atoms with Crippen LogP contribution in [0.5, 0.6) is 5.75 Å². The van der Waals surface area contributed by atoms with Crippen molar-refractivity contribution < 1.29 is 4.74 Å². The first-order chi connectivity index (χ1) is 15.3. The van der Waals surface area contributed by atoms with E-state index in [1.54, 1.807) is 0 Å². The minimum atomic E-state index is 0.824. The molecule has 2 saturated carbocycles. The van der Waals surface area contributed by atoms with Gasteiger partial charge in [-0.15, -0.1) is 0 Å². The Morgan fingerprint density at radius 1 is 0.742 bits per heavy atom. The number of hydrogen-bond acceptors (Lipinski definition) is 2. The molecule has 0 aliphatic heterocycles. The van der Waals surface area contributed by atoms with E-state index in [4.69, 9.17) is 4.74 Å². The molecule has 2 fully saturated rings.